The Labute approximate surface area is 156 Å². The number of hydrogen-bond donors (Lipinski definition) is 1. The SMILES string of the molecule is O=C(Nc1cccc(F)c1)N1CCC(c2nc(C3CCOCC3)no2)CC1. The minimum absolute atomic E-state index is 0.171. The zero-order valence-electron chi connectivity index (χ0n) is 15.1. The highest BCUT2D eigenvalue weighted by Gasteiger charge is 2.29. The van der Waals surface area contributed by atoms with Crippen LogP contribution >= 0.6 is 0 Å². The number of piperidine rings is 1. The van der Waals surface area contributed by atoms with Crippen LogP contribution in [0.3, 0.4) is 0 Å². The van der Waals surface area contributed by atoms with Crippen LogP contribution in [0.2, 0.25) is 0 Å². The summed E-state index contributed by atoms with van der Waals surface area (Å²) in [7, 11) is 0. The molecule has 2 amide bonds. The molecule has 1 N–H and O–H groups in total. The fourth-order valence-electron chi connectivity index (χ4n) is 3.63. The Morgan fingerprint density at radius 3 is 2.67 bits per heavy atom. The Hall–Kier alpha value is -2.48. The molecule has 0 spiro atoms. The number of nitrogens with zero attached hydrogens (tertiary/aromatic N) is 3. The van der Waals surface area contributed by atoms with Gasteiger partial charge in [-0.2, -0.15) is 4.98 Å². The van der Waals surface area contributed by atoms with Crippen LogP contribution in [0, 0.1) is 5.82 Å². The summed E-state index contributed by atoms with van der Waals surface area (Å²) in [6.07, 6.45) is 3.40. The molecule has 3 heterocycles. The third-order valence-corrected chi connectivity index (χ3v) is 5.25. The molecule has 4 rings (SSSR count). The number of likely N-dealkylation sites (tertiary alicyclic amines) is 1. The van der Waals surface area contributed by atoms with E-state index in [4.69, 9.17) is 9.26 Å². The first-order valence-corrected chi connectivity index (χ1v) is 9.42. The lowest BCUT2D eigenvalue weighted by molar-refractivity contribution is 0.0830. The monoisotopic (exact) mass is 374 g/mol. The van der Waals surface area contributed by atoms with Gasteiger partial charge in [-0.15, -0.1) is 0 Å². The van der Waals surface area contributed by atoms with Gasteiger partial charge >= 0.3 is 6.03 Å². The summed E-state index contributed by atoms with van der Waals surface area (Å²) < 4.78 is 24.1. The standard InChI is InChI=1S/C19H23FN4O3/c20-15-2-1-3-16(12-15)21-19(25)24-8-4-14(5-9-24)18-22-17(23-27-18)13-6-10-26-11-7-13/h1-3,12-14H,4-11H2,(H,21,25). The number of anilines is 1. The van der Waals surface area contributed by atoms with Crippen molar-refractivity contribution < 1.29 is 18.4 Å². The molecule has 0 atom stereocenters. The lowest BCUT2D eigenvalue weighted by Gasteiger charge is -2.30. The average molecular weight is 374 g/mol. The molecule has 2 aliphatic rings. The molecule has 0 saturated carbocycles. The number of carbonyl (C=O) groups excluding carboxylic acids is 1. The minimum atomic E-state index is -0.372. The molecule has 0 unspecified atom stereocenters. The number of amides is 2. The third-order valence-electron chi connectivity index (χ3n) is 5.25. The third kappa shape index (κ3) is 4.27. The summed E-state index contributed by atoms with van der Waals surface area (Å²) in [5.41, 5.74) is 0.458. The Bertz CT molecular complexity index is 783. The number of nitrogens with one attached hydrogen (secondary N) is 1. The highest BCUT2D eigenvalue weighted by Crippen LogP contribution is 2.30. The van der Waals surface area contributed by atoms with Crippen LogP contribution < -0.4 is 5.32 Å². The van der Waals surface area contributed by atoms with Gasteiger partial charge in [0.1, 0.15) is 5.82 Å². The Kier molecular flexibility index (Phi) is 5.33. The van der Waals surface area contributed by atoms with Crippen LogP contribution in [0.25, 0.3) is 0 Å². The highest BCUT2D eigenvalue weighted by atomic mass is 19.1. The van der Waals surface area contributed by atoms with Gasteiger partial charge in [0.15, 0.2) is 5.82 Å². The van der Waals surface area contributed by atoms with Crippen LogP contribution in [0.1, 0.15) is 49.2 Å². The first-order chi connectivity index (χ1) is 13.2. The van der Waals surface area contributed by atoms with Gasteiger partial charge in [0.2, 0.25) is 5.89 Å². The van der Waals surface area contributed by atoms with Crippen LogP contribution in [0.4, 0.5) is 14.9 Å². The van der Waals surface area contributed by atoms with E-state index in [1.54, 1.807) is 17.0 Å². The number of hydrogen-bond acceptors (Lipinski definition) is 5. The van der Waals surface area contributed by atoms with Gasteiger partial charge in [-0.3, -0.25) is 0 Å². The highest BCUT2D eigenvalue weighted by molar-refractivity contribution is 5.89. The number of benzene rings is 1. The van der Waals surface area contributed by atoms with E-state index < -0.39 is 0 Å². The van der Waals surface area contributed by atoms with Gasteiger partial charge < -0.3 is 19.5 Å². The average Bonchev–Trinajstić information content (AvgIpc) is 3.19. The Morgan fingerprint density at radius 2 is 1.93 bits per heavy atom. The zero-order chi connectivity index (χ0) is 18.6. The molecule has 0 bridgehead atoms. The number of urea groups is 1. The van der Waals surface area contributed by atoms with E-state index in [2.05, 4.69) is 15.5 Å². The van der Waals surface area contributed by atoms with E-state index in [0.29, 0.717) is 30.6 Å². The van der Waals surface area contributed by atoms with Crippen molar-refractivity contribution >= 4 is 11.7 Å². The Morgan fingerprint density at radius 1 is 1.15 bits per heavy atom. The van der Waals surface area contributed by atoms with Crippen LogP contribution in [-0.2, 0) is 4.74 Å². The van der Waals surface area contributed by atoms with Crippen molar-refractivity contribution in [1.82, 2.24) is 15.0 Å². The second kappa shape index (κ2) is 8.04. The van der Waals surface area contributed by atoms with E-state index in [1.165, 1.54) is 12.1 Å². The summed E-state index contributed by atoms with van der Waals surface area (Å²) in [6.45, 7) is 2.68. The minimum Gasteiger partial charge on any atom is -0.381 e. The molecule has 2 aliphatic heterocycles. The van der Waals surface area contributed by atoms with Crippen molar-refractivity contribution in [1.29, 1.82) is 0 Å². The quantitative estimate of drug-likeness (QED) is 0.889. The number of halogens is 1. The number of rotatable bonds is 3. The lowest BCUT2D eigenvalue weighted by atomic mass is 9.96. The molecule has 7 nitrogen and oxygen atoms in total. The largest absolute Gasteiger partial charge is 0.381 e. The molecule has 144 valence electrons. The zero-order valence-corrected chi connectivity index (χ0v) is 15.1. The first kappa shape index (κ1) is 17.9. The number of carbonyl (C=O) groups is 1. The Balaban J connectivity index is 1.31. The molecule has 0 radical (unpaired) electrons. The van der Waals surface area contributed by atoms with Gasteiger partial charge in [0, 0.05) is 43.8 Å². The molecule has 2 fully saturated rings. The molecule has 1 aromatic carbocycles. The fourth-order valence-corrected chi connectivity index (χ4v) is 3.63. The molecule has 27 heavy (non-hydrogen) atoms. The topological polar surface area (TPSA) is 80.5 Å². The molecule has 0 aliphatic carbocycles. The van der Waals surface area contributed by atoms with E-state index in [1.807, 2.05) is 0 Å². The fraction of sp³-hybridized carbons (Fsp3) is 0.526. The van der Waals surface area contributed by atoms with Crippen molar-refractivity contribution in [3.8, 4) is 0 Å². The maximum absolute atomic E-state index is 13.2. The molecule has 8 heteroatoms. The number of ether oxygens (including phenoxy) is 1. The molecular weight excluding hydrogens is 351 g/mol. The molecule has 2 saturated heterocycles. The first-order valence-electron chi connectivity index (χ1n) is 9.42. The van der Waals surface area contributed by atoms with E-state index in [-0.39, 0.29) is 17.8 Å². The van der Waals surface area contributed by atoms with Gasteiger partial charge in [-0.1, -0.05) is 11.2 Å². The van der Waals surface area contributed by atoms with Crippen molar-refractivity contribution in [3.05, 3.63) is 41.8 Å². The summed E-state index contributed by atoms with van der Waals surface area (Å²) in [6, 6.07) is 5.68. The van der Waals surface area contributed by atoms with Crippen molar-refractivity contribution in [3.63, 3.8) is 0 Å². The maximum atomic E-state index is 13.2. The van der Waals surface area contributed by atoms with Crippen LogP contribution in [-0.4, -0.2) is 47.4 Å². The normalized spacial score (nSPS) is 19.2. The smallest absolute Gasteiger partial charge is 0.321 e. The van der Waals surface area contributed by atoms with Crippen molar-refractivity contribution in [2.24, 2.45) is 0 Å². The van der Waals surface area contributed by atoms with Gasteiger partial charge in [0.25, 0.3) is 0 Å². The molecular formula is C19H23FN4O3. The van der Waals surface area contributed by atoms with Gasteiger partial charge in [0.05, 0.1) is 0 Å². The summed E-state index contributed by atoms with van der Waals surface area (Å²) in [5.74, 6) is 1.56. The van der Waals surface area contributed by atoms with Crippen LogP contribution in [0.15, 0.2) is 28.8 Å². The van der Waals surface area contributed by atoms with Crippen molar-refractivity contribution in [2.45, 2.75) is 37.5 Å². The van der Waals surface area contributed by atoms with E-state index in [9.17, 15) is 9.18 Å². The van der Waals surface area contributed by atoms with E-state index >= 15 is 0 Å². The van der Waals surface area contributed by atoms with Gasteiger partial charge in [-0.05, 0) is 43.9 Å². The predicted octanol–water partition coefficient (Wildman–Crippen LogP) is 3.51. The van der Waals surface area contributed by atoms with E-state index in [0.717, 1.165) is 44.7 Å². The molecule has 1 aromatic heterocycles. The second-order valence-electron chi connectivity index (χ2n) is 7.08. The van der Waals surface area contributed by atoms with Gasteiger partial charge in [-0.25, -0.2) is 9.18 Å². The summed E-state index contributed by atoms with van der Waals surface area (Å²) in [4.78, 5) is 18.7. The number of aromatic nitrogens is 2. The van der Waals surface area contributed by atoms with Crippen LogP contribution in [0.5, 0.6) is 0 Å². The second-order valence-corrected chi connectivity index (χ2v) is 7.08. The van der Waals surface area contributed by atoms with Crippen molar-refractivity contribution in [2.75, 3.05) is 31.6 Å². The summed E-state index contributed by atoms with van der Waals surface area (Å²) in [5, 5.41) is 6.90. The maximum Gasteiger partial charge on any atom is 0.321 e. The molecule has 2 aromatic rings. The lowest BCUT2D eigenvalue weighted by Crippen LogP contribution is -2.40. The predicted molar refractivity (Wildman–Crippen MR) is 96.1 cm³/mol. The summed E-state index contributed by atoms with van der Waals surface area (Å²) >= 11 is 0.